The minimum atomic E-state index is -1.15. The van der Waals surface area contributed by atoms with E-state index in [0.717, 1.165) is 57.8 Å². The quantitative estimate of drug-likeness (QED) is 0.318. The first-order valence-electron chi connectivity index (χ1n) is 12.2. The van der Waals surface area contributed by atoms with Crippen LogP contribution in [0.3, 0.4) is 0 Å². The molecule has 0 radical (unpaired) electrons. The Labute approximate surface area is 178 Å². The maximum Gasteiger partial charge on any atom is 0.310 e. The lowest BCUT2D eigenvalue weighted by atomic mass is 9.48. The molecule has 0 heterocycles. The summed E-state index contributed by atoms with van der Waals surface area (Å²) in [7, 11) is 0. The van der Waals surface area contributed by atoms with E-state index in [1.54, 1.807) is 0 Å². The van der Waals surface area contributed by atoms with Crippen LogP contribution < -0.4 is 0 Å². The van der Waals surface area contributed by atoms with Crippen LogP contribution in [0.4, 0.5) is 0 Å². The van der Waals surface area contributed by atoms with E-state index in [4.69, 9.17) is 0 Å². The highest BCUT2D eigenvalue weighted by Gasteiger charge is 2.63. The number of carboxylic acids is 2. The van der Waals surface area contributed by atoms with Crippen molar-refractivity contribution in [3.05, 3.63) is 0 Å². The summed E-state index contributed by atoms with van der Waals surface area (Å²) in [6, 6.07) is 0. The lowest BCUT2D eigenvalue weighted by molar-refractivity contribution is -0.188. The summed E-state index contributed by atoms with van der Waals surface area (Å²) in [6.07, 6.45) is 11.0. The fourth-order valence-corrected chi connectivity index (χ4v) is 5.85. The second-order valence-electron chi connectivity index (χ2n) is 9.86. The highest BCUT2D eigenvalue weighted by Crippen LogP contribution is 2.60. The molecule has 4 nitrogen and oxygen atoms in total. The molecule has 1 rings (SSSR count). The van der Waals surface area contributed by atoms with Gasteiger partial charge in [-0.05, 0) is 49.9 Å². The molecule has 170 valence electrons. The topological polar surface area (TPSA) is 74.6 Å². The van der Waals surface area contributed by atoms with Crippen LogP contribution in [0.5, 0.6) is 0 Å². The second-order valence-corrected chi connectivity index (χ2v) is 9.86. The van der Waals surface area contributed by atoms with Crippen molar-refractivity contribution in [2.45, 2.75) is 118 Å². The third kappa shape index (κ3) is 5.98. The van der Waals surface area contributed by atoms with Gasteiger partial charge in [0, 0.05) is 0 Å². The normalized spacial score (nSPS) is 29.3. The molecule has 1 fully saturated rings. The van der Waals surface area contributed by atoms with Crippen LogP contribution in [0.2, 0.25) is 0 Å². The van der Waals surface area contributed by atoms with Gasteiger partial charge in [-0.3, -0.25) is 9.59 Å². The van der Waals surface area contributed by atoms with Crippen LogP contribution in [-0.4, -0.2) is 22.2 Å². The van der Waals surface area contributed by atoms with E-state index >= 15 is 0 Å². The Balaban J connectivity index is 3.41. The standard InChI is InChI=1S/C25H46O4/c1-6-10-12-20(8-3)17-24(22(26)27)15-14-19(5)16-25(24,23(28)29)18-21(9-4)13-11-7-2/h19-21H,6-18H2,1-5H3,(H,26,27)(H,28,29). The van der Waals surface area contributed by atoms with E-state index < -0.39 is 22.8 Å². The van der Waals surface area contributed by atoms with Gasteiger partial charge in [-0.15, -0.1) is 0 Å². The Morgan fingerprint density at radius 2 is 1.31 bits per heavy atom. The zero-order valence-electron chi connectivity index (χ0n) is 19.6. The van der Waals surface area contributed by atoms with Crippen LogP contribution in [0.15, 0.2) is 0 Å². The second kappa shape index (κ2) is 12.0. The number of aliphatic carboxylic acids is 2. The lowest BCUT2D eigenvalue weighted by Gasteiger charge is -2.52. The number of rotatable bonds is 14. The maximum absolute atomic E-state index is 12.9. The van der Waals surface area contributed by atoms with Crippen LogP contribution in [0.1, 0.15) is 118 Å². The van der Waals surface area contributed by atoms with E-state index in [9.17, 15) is 19.8 Å². The molecule has 0 amide bonds. The first kappa shape index (κ1) is 26.0. The largest absolute Gasteiger partial charge is 0.481 e. The zero-order chi connectivity index (χ0) is 22.1. The fraction of sp³-hybridized carbons (Fsp3) is 0.920. The summed E-state index contributed by atoms with van der Waals surface area (Å²) in [5.74, 6) is -0.906. The number of carboxylic acid groups (broad SMARTS) is 2. The molecule has 0 aliphatic heterocycles. The summed E-state index contributed by atoms with van der Waals surface area (Å²) < 4.78 is 0. The fourth-order valence-electron chi connectivity index (χ4n) is 5.85. The molecule has 29 heavy (non-hydrogen) atoms. The van der Waals surface area contributed by atoms with Gasteiger partial charge < -0.3 is 10.2 Å². The molecule has 4 heteroatoms. The van der Waals surface area contributed by atoms with Crippen molar-refractivity contribution in [1.82, 2.24) is 0 Å². The Bertz CT molecular complexity index is 517. The molecular formula is C25H46O4. The molecule has 1 aliphatic carbocycles. The van der Waals surface area contributed by atoms with E-state index in [0.29, 0.717) is 25.7 Å². The summed E-state index contributed by atoms with van der Waals surface area (Å²) in [6.45, 7) is 10.7. The van der Waals surface area contributed by atoms with Crippen LogP contribution in [0, 0.1) is 28.6 Å². The minimum absolute atomic E-state index is 0.262. The molecule has 1 saturated carbocycles. The van der Waals surface area contributed by atoms with E-state index in [1.165, 1.54) is 0 Å². The smallest absolute Gasteiger partial charge is 0.310 e. The number of unbranched alkanes of at least 4 members (excludes halogenated alkanes) is 2. The highest BCUT2D eigenvalue weighted by atomic mass is 16.4. The van der Waals surface area contributed by atoms with Crippen LogP contribution in [0.25, 0.3) is 0 Å². The first-order chi connectivity index (χ1) is 13.7. The van der Waals surface area contributed by atoms with Crippen molar-refractivity contribution in [3.63, 3.8) is 0 Å². The number of hydrogen-bond donors (Lipinski definition) is 2. The molecule has 1 aliphatic rings. The van der Waals surface area contributed by atoms with Gasteiger partial charge in [0.05, 0.1) is 10.8 Å². The molecule has 0 aromatic carbocycles. The monoisotopic (exact) mass is 410 g/mol. The number of hydrogen-bond acceptors (Lipinski definition) is 2. The zero-order valence-corrected chi connectivity index (χ0v) is 19.6. The third-order valence-electron chi connectivity index (χ3n) is 7.86. The average molecular weight is 411 g/mol. The van der Waals surface area contributed by atoms with E-state index in [-0.39, 0.29) is 17.8 Å². The van der Waals surface area contributed by atoms with E-state index in [1.807, 2.05) is 0 Å². The summed E-state index contributed by atoms with van der Waals surface area (Å²) in [5.41, 5.74) is -2.29. The van der Waals surface area contributed by atoms with Gasteiger partial charge in [0.25, 0.3) is 0 Å². The summed E-state index contributed by atoms with van der Waals surface area (Å²) in [4.78, 5) is 25.7. The Hall–Kier alpha value is -1.06. The van der Waals surface area contributed by atoms with Gasteiger partial charge in [0.1, 0.15) is 0 Å². The molecule has 5 unspecified atom stereocenters. The molecule has 0 aromatic heterocycles. The molecule has 2 N–H and O–H groups in total. The molecule has 0 aromatic rings. The van der Waals surface area contributed by atoms with Gasteiger partial charge in [-0.25, -0.2) is 0 Å². The third-order valence-corrected chi connectivity index (χ3v) is 7.86. The van der Waals surface area contributed by atoms with Crippen LogP contribution in [-0.2, 0) is 9.59 Å². The Kier molecular flexibility index (Phi) is 10.7. The minimum Gasteiger partial charge on any atom is -0.481 e. The molecule has 0 saturated heterocycles. The van der Waals surface area contributed by atoms with Crippen molar-refractivity contribution in [3.8, 4) is 0 Å². The molecule has 0 spiro atoms. The van der Waals surface area contributed by atoms with Gasteiger partial charge in [0.15, 0.2) is 0 Å². The van der Waals surface area contributed by atoms with Gasteiger partial charge in [-0.2, -0.15) is 0 Å². The molecule has 0 bridgehead atoms. The van der Waals surface area contributed by atoms with Gasteiger partial charge >= 0.3 is 11.9 Å². The van der Waals surface area contributed by atoms with Crippen molar-refractivity contribution >= 4 is 11.9 Å². The Morgan fingerprint density at radius 3 is 1.69 bits per heavy atom. The molecule has 5 atom stereocenters. The van der Waals surface area contributed by atoms with Crippen molar-refractivity contribution in [2.24, 2.45) is 28.6 Å². The Morgan fingerprint density at radius 1 is 0.862 bits per heavy atom. The summed E-state index contributed by atoms with van der Waals surface area (Å²) >= 11 is 0. The molecular weight excluding hydrogens is 364 g/mol. The number of carbonyl (C=O) groups is 2. The highest BCUT2D eigenvalue weighted by molar-refractivity contribution is 5.87. The van der Waals surface area contributed by atoms with Crippen molar-refractivity contribution in [2.75, 3.05) is 0 Å². The first-order valence-corrected chi connectivity index (χ1v) is 12.2. The predicted octanol–water partition coefficient (Wildman–Crippen LogP) is 7.16. The van der Waals surface area contributed by atoms with Crippen molar-refractivity contribution < 1.29 is 19.8 Å². The van der Waals surface area contributed by atoms with Gasteiger partial charge in [-0.1, -0.05) is 86.0 Å². The maximum atomic E-state index is 12.9. The van der Waals surface area contributed by atoms with E-state index in [2.05, 4.69) is 34.6 Å². The van der Waals surface area contributed by atoms with Gasteiger partial charge in [0.2, 0.25) is 0 Å². The van der Waals surface area contributed by atoms with Crippen molar-refractivity contribution in [1.29, 1.82) is 0 Å². The average Bonchev–Trinajstić information content (AvgIpc) is 2.69. The predicted molar refractivity (Wildman–Crippen MR) is 119 cm³/mol. The SMILES string of the molecule is CCCCC(CC)CC1(C(=O)O)CCC(C)CC1(CC(CC)CCCC)C(=O)O. The van der Waals surface area contributed by atoms with Crippen LogP contribution >= 0.6 is 0 Å². The summed E-state index contributed by atoms with van der Waals surface area (Å²) in [5, 5.41) is 21.1. The lowest BCUT2D eigenvalue weighted by Crippen LogP contribution is -2.57.